The Bertz CT molecular complexity index is 2070. The molecule has 252 valence electrons. The first-order valence-corrected chi connectivity index (χ1v) is 16.8. The highest BCUT2D eigenvalue weighted by Crippen LogP contribution is 2.36. The molecule has 11 heteroatoms. The number of hydrogen-bond acceptors (Lipinski definition) is 9. The average Bonchev–Trinajstić information content (AvgIpc) is 3.52. The summed E-state index contributed by atoms with van der Waals surface area (Å²) >= 11 is 1.27. The number of methoxy groups -OCH3 is 1. The normalized spacial score (nSPS) is 14.5. The van der Waals surface area contributed by atoms with Gasteiger partial charge in [0.25, 0.3) is 5.56 Å². The quantitative estimate of drug-likeness (QED) is 0.200. The van der Waals surface area contributed by atoms with Crippen LogP contribution in [-0.2, 0) is 19.1 Å². The number of benzene rings is 2. The van der Waals surface area contributed by atoms with Crippen LogP contribution in [-0.4, -0.2) is 48.0 Å². The molecule has 0 unspecified atom stereocenters. The van der Waals surface area contributed by atoms with Crippen LogP contribution in [0.1, 0.15) is 74.7 Å². The molecule has 0 radical (unpaired) electrons. The average molecular weight is 672 g/mol. The molecular weight excluding hydrogens is 630 g/mol. The van der Waals surface area contributed by atoms with Crippen molar-refractivity contribution in [3.05, 3.63) is 108 Å². The van der Waals surface area contributed by atoms with E-state index in [9.17, 15) is 14.4 Å². The monoisotopic (exact) mass is 671 g/mol. The number of fused-ring (bicyclic) bond motifs is 1. The van der Waals surface area contributed by atoms with E-state index in [0.717, 1.165) is 22.6 Å². The van der Waals surface area contributed by atoms with Crippen LogP contribution < -0.4 is 24.4 Å². The minimum atomic E-state index is -0.844. The number of nitrogens with zero attached hydrogens (tertiary/aromatic N) is 3. The molecule has 0 saturated carbocycles. The second-order valence-corrected chi connectivity index (χ2v) is 12.7. The van der Waals surface area contributed by atoms with Crippen molar-refractivity contribution in [3.63, 3.8) is 0 Å². The predicted octanol–water partition coefficient (Wildman–Crippen LogP) is 5.28. The lowest BCUT2D eigenvalue weighted by atomic mass is 9.95. The number of carbonyl (C=O) groups excluding carboxylic acids is 2. The molecule has 0 fully saturated rings. The minimum absolute atomic E-state index is 0.160. The fraction of sp³-hybridized carbons (Fsp3) is 0.351. The van der Waals surface area contributed by atoms with E-state index in [1.54, 1.807) is 36.6 Å². The van der Waals surface area contributed by atoms with Gasteiger partial charge in [-0.05, 0) is 93.6 Å². The van der Waals surface area contributed by atoms with Crippen LogP contribution in [0.15, 0.2) is 69.6 Å². The van der Waals surface area contributed by atoms with E-state index in [0.29, 0.717) is 44.6 Å². The van der Waals surface area contributed by atoms with Crippen LogP contribution in [0.25, 0.3) is 11.8 Å². The number of aryl methyl sites for hydroxylation is 1. The Morgan fingerprint density at radius 3 is 2.35 bits per heavy atom. The van der Waals surface area contributed by atoms with E-state index in [2.05, 4.69) is 48.7 Å². The van der Waals surface area contributed by atoms with E-state index in [1.807, 2.05) is 26.8 Å². The number of carbonyl (C=O) groups is 2. The molecule has 1 atom stereocenters. The van der Waals surface area contributed by atoms with Gasteiger partial charge in [0, 0.05) is 17.1 Å². The highest BCUT2D eigenvalue weighted by atomic mass is 32.1. The maximum atomic E-state index is 14.3. The van der Waals surface area contributed by atoms with Crippen molar-refractivity contribution in [3.8, 4) is 17.2 Å². The summed E-state index contributed by atoms with van der Waals surface area (Å²) in [6, 6.07) is 14.9. The first-order chi connectivity index (χ1) is 23.0. The van der Waals surface area contributed by atoms with E-state index in [4.69, 9.17) is 23.9 Å². The number of allylic oxidation sites excluding steroid dienone is 1. The van der Waals surface area contributed by atoms with Crippen molar-refractivity contribution in [2.75, 3.05) is 26.9 Å². The number of rotatable bonds is 11. The molecule has 0 amide bonds. The summed E-state index contributed by atoms with van der Waals surface area (Å²) in [5, 5.41) is 0. The largest absolute Gasteiger partial charge is 0.490 e. The Balaban J connectivity index is 1.64. The van der Waals surface area contributed by atoms with E-state index < -0.39 is 18.0 Å². The molecule has 48 heavy (non-hydrogen) atoms. The van der Waals surface area contributed by atoms with Crippen LogP contribution in [0, 0.1) is 13.8 Å². The fourth-order valence-electron chi connectivity index (χ4n) is 5.87. The number of esters is 2. The van der Waals surface area contributed by atoms with Gasteiger partial charge in [-0.3, -0.25) is 9.36 Å². The van der Waals surface area contributed by atoms with Crippen molar-refractivity contribution >= 4 is 29.4 Å². The van der Waals surface area contributed by atoms with Crippen molar-refractivity contribution in [2.24, 2.45) is 4.99 Å². The zero-order valence-corrected chi connectivity index (χ0v) is 29.4. The summed E-state index contributed by atoms with van der Waals surface area (Å²) in [5.74, 6) is 0.0161. The smallest absolute Gasteiger partial charge is 0.343 e. The standard InChI is InChI=1S/C37H41N3O7S/c1-9-45-30-18-26(13-16-29(30)47-20-32(41)44-8)34-33(36(43)46-10-2)23(6)38-37-40(34)35(42)31(48-37)19-27-17-22(5)39(24(27)7)28-14-11-25(12-15-28)21(3)4/h11-19,21,34H,9-10,20H2,1-8H3/b31-19-/t34-/m0/s1. The zero-order valence-electron chi connectivity index (χ0n) is 28.6. The maximum absolute atomic E-state index is 14.3. The van der Waals surface area contributed by atoms with E-state index >= 15 is 0 Å². The van der Waals surface area contributed by atoms with E-state index in [-0.39, 0.29) is 24.3 Å². The molecule has 0 saturated heterocycles. The number of thiazole rings is 1. The molecule has 0 spiro atoms. The molecular formula is C37H41N3O7S. The minimum Gasteiger partial charge on any atom is -0.490 e. The number of aromatic nitrogens is 2. The summed E-state index contributed by atoms with van der Waals surface area (Å²) in [4.78, 5) is 44.6. The SMILES string of the molecule is CCOC(=O)C1=C(C)N=c2s/c(=C\c3cc(C)n(-c4ccc(C(C)C)cc4)c3C)c(=O)n2[C@H]1c1ccc(OCC(=O)OC)c(OCC)c1. The molecule has 0 aliphatic carbocycles. The van der Waals surface area contributed by atoms with Crippen molar-refractivity contribution < 1.29 is 28.5 Å². The third-order valence-electron chi connectivity index (χ3n) is 8.25. The van der Waals surface area contributed by atoms with Crippen LogP contribution in [0.2, 0.25) is 0 Å². The van der Waals surface area contributed by atoms with Gasteiger partial charge in [-0.2, -0.15) is 0 Å². The lowest BCUT2D eigenvalue weighted by Crippen LogP contribution is -2.40. The molecule has 2 aromatic heterocycles. The van der Waals surface area contributed by atoms with Crippen molar-refractivity contribution in [2.45, 2.75) is 60.4 Å². The number of ether oxygens (including phenoxy) is 4. The van der Waals surface area contributed by atoms with Crippen LogP contribution >= 0.6 is 11.3 Å². The summed E-state index contributed by atoms with van der Waals surface area (Å²) in [6.45, 7) is 13.9. The second kappa shape index (κ2) is 14.5. The molecule has 1 aliphatic rings. The zero-order chi connectivity index (χ0) is 34.7. The fourth-order valence-corrected chi connectivity index (χ4v) is 6.90. The van der Waals surface area contributed by atoms with Gasteiger partial charge in [0.15, 0.2) is 22.9 Å². The molecule has 0 N–H and O–H groups in total. The van der Waals surface area contributed by atoms with Crippen LogP contribution in [0.5, 0.6) is 11.5 Å². The summed E-state index contributed by atoms with van der Waals surface area (Å²) < 4.78 is 25.9. The van der Waals surface area contributed by atoms with Gasteiger partial charge in [-0.15, -0.1) is 0 Å². The highest BCUT2D eigenvalue weighted by Gasteiger charge is 2.34. The lowest BCUT2D eigenvalue weighted by molar-refractivity contribution is -0.143. The predicted molar refractivity (Wildman–Crippen MR) is 185 cm³/mol. The third kappa shape index (κ3) is 6.73. The van der Waals surface area contributed by atoms with Crippen molar-refractivity contribution in [1.29, 1.82) is 0 Å². The van der Waals surface area contributed by atoms with Crippen molar-refractivity contribution in [1.82, 2.24) is 9.13 Å². The molecule has 3 heterocycles. The summed E-state index contributed by atoms with van der Waals surface area (Å²) in [5.41, 5.74) is 6.29. The van der Waals surface area contributed by atoms with Gasteiger partial charge in [0.2, 0.25) is 0 Å². The molecule has 1 aliphatic heterocycles. The third-order valence-corrected chi connectivity index (χ3v) is 9.23. The highest BCUT2D eigenvalue weighted by molar-refractivity contribution is 7.07. The Morgan fingerprint density at radius 1 is 0.979 bits per heavy atom. The van der Waals surface area contributed by atoms with Gasteiger partial charge in [-0.25, -0.2) is 14.6 Å². The van der Waals surface area contributed by atoms with Gasteiger partial charge in [0.1, 0.15) is 0 Å². The topological polar surface area (TPSA) is 110 Å². The summed E-state index contributed by atoms with van der Waals surface area (Å²) in [7, 11) is 1.28. The van der Waals surface area contributed by atoms with Gasteiger partial charge < -0.3 is 23.5 Å². The Kier molecular flexibility index (Phi) is 10.4. The lowest BCUT2D eigenvalue weighted by Gasteiger charge is -2.25. The Hall–Kier alpha value is -4.90. The Morgan fingerprint density at radius 2 is 1.71 bits per heavy atom. The molecule has 4 aromatic rings. The van der Waals surface area contributed by atoms with Gasteiger partial charge in [-0.1, -0.05) is 43.4 Å². The molecule has 2 aromatic carbocycles. The molecule has 10 nitrogen and oxygen atoms in total. The first kappa shape index (κ1) is 34.4. The van der Waals surface area contributed by atoms with E-state index in [1.165, 1.54) is 24.0 Å². The molecule has 0 bridgehead atoms. The molecule has 5 rings (SSSR count). The van der Waals surface area contributed by atoms with Crippen LogP contribution in [0.4, 0.5) is 0 Å². The maximum Gasteiger partial charge on any atom is 0.343 e. The first-order valence-electron chi connectivity index (χ1n) is 15.9. The Labute approximate surface area is 283 Å². The van der Waals surface area contributed by atoms with Gasteiger partial charge in [0.05, 0.1) is 42.2 Å². The number of hydrogen-bond donors (Lipinski definition) is 0. The second-order valence-electron chi connectivity index (χ2n) is 11.7. The van der Waals surface area contributed by atoms with Gasteiger partial charge >= 0.3 is 11.9 Å². The summed E-state index contributed by atoms with van der Waals surface area (Å²) in [6.07, 6.45) is 1.89. The van der Waals surface area contributed by atoms with Crippen LogP contribution in [0.3, 0.4) is 0 Å².